The summed E-state index contributed by atoms with van der Waals surface area (Å²) in [5.41, 5.74) is 0.832. The molecule has 2 aliphatic rings. The third-order valence-corrected chi connectivity index (χ3v) is 5.28. The molecule has 0 radical (unpaired) electrons. The maximum absolute atomic E-state index is 11.3. The molecular formula is C14H20N2O2S. The maximum Gasteiger partial charge on any atom is 0.347 e. The molecule has 0 spiro atoms. The first kappa shape index (κ1) is 12.9. The van der Waals surface area contributed by atoms with E-state index in [2.05, 4.69) is 23.7 Å². The van der Waals surface area contributed by atoms with Crippen LogP contribution in [-0.2, 0) is 0 Å². The normalized spacial score (nSPS) is 27.6. The molecule has 1 aromatic heterocycles. The fraction of sp³-hybridized carbons (Fsp3) is 0.714. The molecule has 19 heavy (non-hydrogen) atoms. The number of carboxylic acid groups (broad SMARTS) is 1. The molecule has 1 aliphatic carbocycles. The molecule has 2 fully saturated rings. The van der Waals surface area contributed by atoms with E-state index in [0.29, 0.717) is 16.8 Å². The molecule has 1 aliphatic heterocycles. The van der Waals surface area contributed by atoms with Crippen LogP contribution in [0.4, 0.5) is 5.13 Å². The molecule has 1 aromatic rings. The van der Waals surface area contributed by atoms with E-state index in [1.54, 1.807) is 0 Å². The van der Waals surface area contributed by atoms with Crippen molar-refractivity contribution in [3.05, 3.63) is 10.6 Å². The molecule has 2 heterocycles. The molecule has 1 saturated carbocycles. The van der Waals surface area contributed by atoms with Crippen LogP contribution in [0, 0.1) is 5.92 Å². The van der Waals surface area contributed by atoms with Crippen molar-refractivity contribution in [2.24, 2.45) is 5.92 Å². The highest BCUT2D eigenvalue weighted by molar-refractivity contribution is 7.17. The van der Waals surface area contributed by atoms with Crippen LogP contribution in [0.3, 0.4) is 0 Å². The van der Waals surface area contributed by atoms with Gasteiger partial charge >= 0.3 is 5.97 Å². The van der Waals surface area contributed by atoms with Gasteiger partial charge in [-0.05, 0) is 38.5 Å². The Bertz CT molecular complexity index is 496. The summed E-state index contributed by atoms with van der Waals surface area (Å²) < 4.78 is 0. The Hall–Kier alpha value is -1.10. The van der Waals surface area contributed by atoms with E-state index in [-0.39, 0.29) is 0 Å². The Balaban J connectivity index is 1.88. The summed E-state index contributed by atoms with van der Waals surface area (Å²) in [5, 5.41) is 10.2. The van der Waals surface area contributed by atoms with Gasteiger partial charge < -0.3 is 10.0 Å². The summed E-state index contributed by atoms with van der Waals surface area (Å²) in [4.78, 5) is 18.7. The third kappa shape index (κ3) is 2.48. The highest BCUT2D eigenvalue weighted by atomic mass is 32.1. The number of thiazole rings is 1. The number of aromatic nitrogens is 1. The summed E-state index contributed by atoms with van der Waals surface area (Å²) >= 11 is 1.36. The molecule has 0 amide bonds. The zero-order valence-electron chi connectivity index (χ0n) is 11.4. The van der Waals surface area contributed by atoms with Crippen LogP contribution in [0.25, 0.3) is 0 Å². The van der Waals surface area contributed by atoms with Gasteiger partial charge in [-0.1, -0.05) is 18.3 Å². The van der Waals surface area contributed by atoms with E-state index >= 15 is 0 Å². The van der Waals surface area contributed by atoms with Crippen molar-refractivity contribution in [3.8, 4) is 0 Å². The Kier molecular flexibility index (Phi) is 3.25. The number of piperidine rings is 1. The fourth-order valence-electron chi connectivity index (χ4n) is 2.92. The number of hydrogen-bond acceptors (Lipinski definition) is 4. The van der Waals surface area contributed by atoms with Gasteiger partial charge in [-0.25, -0.2) is 9.78 Å². The standard InChI is InChI=1S/C14H20N2O2S/c1-8-5-6-16(9(2)7-8)14-15-11(10-3-4-10)12(19-14)13(17)18/h8-10H,3-7H2,1-2H3,(H,17,18). The first-order chi connectivity index (χ1) is 9.06. The van der Waals surface area contributed by atoms with Gasteiger partial charge in [0.25, 0.3) is 0 Å². The van der Waals surface area contributed by atoms with Crippen molar-refractivity contribution < 1.29 is 9.90 Å². The average molecular weight is 280 g/mol. The lowest BCUT2D eigenvalue weighted by atomic mass is 9.94. The van der Waals surface area contributed by atoms with Crippen LogP contribution in [0.1, 0.15) is 60.8 Å². The smallest absolute Gasteiger partial charge is 0.347 e. The lowest BCUT2D eigenvalue weighted by Gasteiger charge is -2.36. The van der Waals surface area contributed by atoms with Crippen molar-refractivity contribution in [1.82, 2.24) is 4.98 Å². The van der Waals surface area contributed by atoms with Crippen molar-refractivity contribution in [3.63, 3.8) is 0 Å². The summed E-state index contributed by atoms with van der Waals surface area (Å²) in [6, 6.07) is 0.462. The summed E-state index contributed by atoms with van der Waals surface area (Å²) in [6.07, 6.45) is 4.53. The first-order valence-electron chi connectivity index (χ1n) is 7.07. The second-order valence-electron chi connectivity index (χ2n) is 5.96. The molecule has 1 N–H and O–H groups in total. The van der Waals surface area contributed by atoms with Crippen LogP contribution < -0.4 is 4.90 Å². The van der Waals surface area contributed by atoms with E-state index in [9.17, 15) is 9.90 Å². The van der Waals surface area contributed by atoms with E-state index in [4.69, 9.17) is 0 Å². The molecule has 2 atom stereocenters. The minimum Gasteiger partial charge on any atom is -0.477 e. The lowest BCUT2D eigenvalue weighted by Crippen LogP contribution is -2.40. The van der Waals surface area contributed by atoms with E-state index in [1.807, 2.05) is 0 Å². The van der Waals surface area contributed by atoms with Gasteiger partial charge in [0.15, 0.2) is 5.13 Å². The monoisotopic (exact) mass is 280 g/mol. The first-order valence-corrected chi connectivity index (χ1v) is 7.88. The van der Waals surface area contributed by atoms with Gasteiger partial charge in [-0.2, -0.15) is 0 Å². The quantitative estimate of drug-likeness (QED) is 0.922. The Morgan fingerprint density at radius 1 is 1.37 bits per heavy atom. The molecular weight excluding hydrogens is 260 g/mol. The van der Waals surface area contributed by atoms with Crippen molar-refractivity contribution in [2.75, 3.05) is 11.4 Å². The molecule has 4 nitrogen and oxygen atoms in total. The van der Waals surface area contributed by atoms with Crippen molar-refractivity contribution in [1.29, 1.82) is 0 Å². The largest absolute Gasteiger partial charge is 0.477 e. The van der Waals surface area contributed by atoms with Gasteiger partial charge in [0.1, 0.15) is 4.88 Å². The Morgan fingerprint density at radius 2 is 2.11 bits per heavy atom. The van der Waals surface area contributed by atoms with Gasteiger partial charge in [0.05, 0.1) is 5.69 Å². The second-order valence-corrected chi connectivity index (χ2v) is 6.94. The number of carboxylic acids is 1. The Labute approximate surface area is 117 Å². The highest BCUT2D eigenvalue weighted by Crippen LogP contribution is 2.44. The minimum absolute atomic E-state index is 0.398. The molecule has 0 bridgehead atoms. The molecule has 2 unspecified atom stereocenters. The van der Waals surface area contributed by atoms with E-state index < -0.39 is 5.97 Å². The summed E-state index contributed by atoms with van der Waals surface area (Å²) in [5.74, 6) is 0.340. The summed E-state index contributed by atoms with van der Waals surface area (Å²) in [7, 11) is 0. The van der Waals surface area contributed by atoms with E-state index in [1.165, 1.54) is 24.2 Å². The number of nitrogens with zero attached hydrogens (tertiary/aromatic N) is 2. The van der Waals surface area contributed by atoms with Gasteiger partial charge in [0, 0.05) is 18.5 Å². The third-order valence-electron chi connectivity index (χ3n) is 4.18. The number of rotatable bonds is 3. The number of anilines is 1. The average Bonchev–Trinajstić information content (AvgIpc) is 3.09. The minimum atomic E-state index is -0.816. The summed E-state index contributed by atoms with van der Waals surface area (Å²) in [6.45, 7) is 5.50. The number of carbonyl (C=O) groups is 1. The predicted octanol–water partition coefficient (Wildman–Crippen LogP) is 3.34. The topological polar surface area (TPSA) is 53.4 Å². The number of hydrogen-bond donors (Lipinski definition) is 1. The van der Waals surface area contributed by atoms with Gasteiger partial charge in [-0.15, -0.1) is 0 Å². The lowest BCUT2D eigenvalue weighted by molar-refractivity contribution is 0.0700. The van der Waals surface area contributed by atoms with Gasteiger partial charge in [0.2, 0.25) is 0 Å². The van der Waals surface area contributed by atoms with Crippen LogP contribution in [0.15, 0.2) is 0 Å². The number of aromatic carboxylic acids is 1. The van der Waals surface area contributed by atoms with Crippen LogP contribution in [0.2, 0.25) is 0 Å². The van der Waals surface area contributed by atoms with Crippen molar-refractivity contribution >= 4 is 22.4 Å². The Morgan fingerprint density at radius 3 is 2.68 bits per heavy atom. The van der Waals surface area contributed by atoms with Crippen molar-refractivity contribution in [2.45, 2.75) is 51.5 Å². The zero-order valence-corrected chi connectivity index (χ0v) is 12.2. The fourth-order valence-corrected chi connectivity index (χ4v) is 4.04. The van der Waals surface area contributed by atoms with Crippen LogP contribution in [0.5, 0.6) is 0 Å². The molecule has 104 valence electrons. The molecule has 1 saturated heterocycles. The van der Waals surface area contributed by atoms with Crippen LogP contribution >= 0.6 is 11.3 Å². The van der Waals surface area contributed by atoms with Crippen LogP contribution in [-0.4, -0.2) is 28.6 Å². The SMILES string of the molecule is CC1CCN(c2nc(C3CC3)c(C(=O)O)s2)C(C)C1. The highest BCUT2D eigenvalue weighted by Gasteiger charge is 2.34. The predicted molar refractivity (Wildman–Crippen MR) is 76.3 cm³/mol. The van der Waals surface area contributed by atoms with Gasteiger partial charge in [-0.3, -0.25) is 0 Å². The second kappa shape index (κ2) is 4.78. The van der Waals surface area contributed by atoms with E-state index in [0.717, 1.165) is 36.1 Å². The molecule has 5 heteroatoms. The molecule has 3 rings (SSSR count). The zero-order chi connectivity index (χ0) is 13.6. The molecule has 0 aromatic carbocycles. The maximum atomic E-state index is 11.3.